The first-order chi connectivity index (χ1) is 6.08. The Kier molecular flexibility index (Phi) is 6.29. The van der Waals surface area contributed by atoms with E-state index in [0.717, 1.165) is 13.0 Å². The molecule has 0 aliphatic carbocycles. The van der Waals surface area contributed by atoms with Crippen molar-refractivity contribution in [2.24, 2.45) is 0 Å². The molecule has 0 aromatic heterocycles. The smallest absolute Gasteiger partial charge is 0.0788 e. The minimum atomic E-state index is -0.0767. The standard InChI is InChI=1S/C10H23NO2/c1-6-10(3,8-11-4)13-9(2)7-12-5/h9,11H,6-8H2,1-5H3. The molecule has 13 heavy (non-hydrogen) atoms. The predicted molar refractivity (Wildman–Crippen MR) is 55.0 cm³/mol. The van der Waals surface area contributed by atoms with Gasteiger partial charge in [-0.1, -0.05) is 6.92 Å². The lowest BCUT2D eigenvalue weighted by molar-refractivity contribution is -0.0969. The third kappa shape index (κ3) is 5.24. The Bertz CT molecular complexity index is 130. The van der Waals surface area contributed by atoms with E-state index in [0.29, 0.717) is 6.61 Å². The van der Waals surface area contributed by atoms with Gasteiger partial charge in [-0.2, -0.15) is 0 Å². The van der Waals surface area contributed by atoms with E-state index in [2.05, 4.69) is 19.2 Å². The van der Waals surface area contributed by atoms with Crippen LogP contribution in [0, 0.1) is 0 Å². The monoisotopic (exact) mass is 189 g/mol. The summed E-state index contributed by atoms with van der Waals surface area (Å²) in [6.45, 7) is 7.82. The number of nitrogens with one attached hydrogen (secondary N) is 1. The zero-order valence-corrected chi connectivity index (χ0v) is 9.52. The van der Waals surface area contributed by atoms with Crippen LogP contribution in [0.15, 0.2) is 0 Å². The molecule has 1 N–H and O–H groups in total. The van der Waals surface area contributed by atoms with Crippen LogP contribution in [0.3, 0.4) is 0 Å². The van der Waals surface area contributed by atoms with Crippen LogP contribution >= 0.6 is 0 Å². The highest BCUT2D eigenvalue weighted by molar-refractivity contribution is 4.76. The van der Waals surface area contributed by atoms with E-state index in [1.807, 2.05) is 14.0 Å². The van der Waals surface area contributed by atoms with Gasteiger partial charge in [0.25, 0.3) is 0 Å². The van der Waals surface area contributed by atoms with Gasteiger partial charge in [0.2, 0.25) is 0 Å². The van der Waals surface area contributed by atoms with Crippen molar-refractivity contribution < 1.29 is 9.47 Å². The van der Waals surface area contributed by atoms with Gasteiger partial charge in [0.15, 0.2) is 0 Å². The Labute approximate surface area is 81.8 Å². The van der Waals surface area contributed by atoms with Crippen molar-refractivity contribution in [1.29, 1.82) is 0 Å². The van der Waals surface area contributed by atoms with Crippen LogP contribution in [0.2, 0.25) is 0 Å². The second kappa shape index (κ2) is 6.35. The molecule has 0 amide bonds. The average Bonchev–Trinajstić information content (AvgIpc) is 2.05. The van der Waals surface area contributed by atoms with Crippen molar-refractivity contribution in [2.75, 3.05) is 27.3 Å². The van der Waals surface area contributed by atoms with E-state index in [-0.39, 0.29) is 11.7 Å². The molecule has 3 nitrogen and oxygen atoms in total. The molecule has 0 saturated carbocycles. The Hall–Kier alpha value is -0.120. The van der Waals surface area contributed by atoms with Crippen LogP contribution in [-0.2, 0) is 9.47 Å². The fourth-order valence-corrected chi connectivity index (χ4v) is 1.38. The molecule has 0 heterocycles. The van der Waals surface area contributed by atoms with Gasteiger partial charge >= 0.3 is 0 Å². The molecule has 0 aliphatic heterocycles. The summed E-state index contributed by atoms with van der Waals surface area (Å²) in [6.07, 6.45) is 1.16. The third-order valence-electron chi connectivity index (χ3n) is 2.19. The van der Waals surface area contributed by atoms with Gasteiger partial charge in [-0.15, -0.1) is 0 Å². The fraction of sp³-hybridized carbons (Fsp3) is 1.00. The summed E-state index contributed by atoms with van der Waals surface area (Å²) in [5, 5.41) is 3.14. The number of methoxy groups -OCH3 is 1. The van der Waals surface area contributed by atoms with Crippen molar-refractivity contribution in [3.63, 3.8) is 0 Å². The zero-order valence-electron chi connectivity index (χ0n) is 9.52. The largest absolute Gasteiger partial charge is 0.382 e. The Morgan fingerprint density at radius 2 is 2.08 bits per heavy atom. The van der Waals surface area contributed by atoms with Crippen molar-refractivity contribution in [2.45, 2.75) is 38.9 Å². The van der Waals surface area contributed by atoms with Crippen LogP contribution in [0.5, 0.6) is 0 Å². The van der Waals surface area contributed by atoms with E-state index in [4.69, 9.17) is 9.47 Å². The van der Waals surface area contributed by atoms with Gasteiger partial charge in [0.05, 0.1) is 18.3 Å². The topological polar surface area (TPSA) is 30.5 Å². The van der Waals surface area contributed by atoms with Gasteiger partial charge in [0, 0.05) is 13.7 Å². The van der Waals surface area contributed by atoms with Gasteiger partial charge in [-0.05, 0) is 27.3 Å². The summed E-state index contributed by atoms with van der Waals surface area (Å²) in [6, 6.07) is 0. The molecule has 3 heteroatoms. The van der Waals surface area contributed by atoms with Crippen molar-refractivity contribution in [3.05, 3.63) is 0 Å². The van der Waals surface area contributed by atoms with E-state index in [9.17, 15) is 0 Å². The maximum absolute atomic E-state index is 5.88. The van der Waals surface area contributed by atoms with Crippen molar-refractivity contribution >= 4 is 0 Å². The maximum atomic E-state index is 5.88. The molecular weight excluding hydrogens is 166 g/mol. The minimum Gasteiger partial charge on any atom is -0.382 e. The van der Waals surface area contributed by atoms with Crippen molar-refractivity contribution in [1.82, 2.24) is 5.32 Å². The quantitative estimate of drug-likeness (QED) is 0.657. The first-order valence-electron chi connectivity index (χ1n) is 4.89. The molecule has 0 rings (SSSR count). The molecule has 0 radical (unpaired) electrons. The summed E-state index contributed by atoms with van der Waals surface area (Å²) in [7, 11) is 3.64. The summed E-state index contributed by atoms with van der Waals surface area (Å²) < 4.78 is 10.9. The van der Waals surface area contributed by atoms with Gasteiger partial charge in [-0.3, -0.25) is 0 Å². The molecule has 0 saturated heterocycles. The van der Waals surface area contributed by atoms with Crippen molar-refractivity contribution in [3.8, 4) is 0 Å². The minimum absolute atomic E-state index is 0.0767. The summed E-state index contributed by atoms with van der Waals surface area (Å²) in [5.74, 6) is 0. The highest BCUT2D eigenvalue weighted by atomic mass is 16.5. The number of hydrogen-bond donors (Lipinski definition) is 1. The Balaban J connectivity index is 3.93. The molecule has 0 spiro atoms. The number of hydrogen-bond acceptors (Lipinski definition) is 3. The Morgan fingerprint density at radius 3 is 2.46 bits per heavy atom. The lowest BCUT2D eigenvalue weighted by atomic mass is 10.0. The molecule has 2 atom stereocenters. The van der Waals surface area contributed by atoms with Gasteiger partial charge in [0.1, 0.15) is 0 Å². The number of ether oxygens (including phenoxy) is 2. The molecular formula is C10H23NO2. The fourth-order valence-electron chi connectivity index (χ4n) is 1.38. The lowest BCUT2D eigenvalue weighted by Crippen LogP contribution is -2.41. The van der Waals surface area contributed by atoms with Crippen LogP contribution in [0.4, 0.5) is 0 Å². The third-order valence-corrected chi connectivity index (χ3v) is 2.19. The van der Waals surface area contributed by atoms with E-state index < -0.39 is 0 Å². The first-order valence-corrected chi connectivity index (χ1v) is 4.89. The Morgan fingerprint density at radius 1 is 1.46 bits per heavy atom. The normalized spacial score (nSPS) is 18.2. The number of likely N-dealkylation sites (N-methyl/N-ethyl adjacent to an activating group) is 1. The molecule has 0 aromatic carbocycles. The average molecular weight is 189 g/mol. The van der Waals surface area contributed by atoms with E-state index >= 15 is 0 Å². The van der Waals surface area contributed by atoms with Gasteiger partial charge in [-0.25, -0.2) is 0 Å². The zero-order chi connectivity index (χ0) is 10.3. The van der Waals surface area contributed by atoms with Crippen LogP contribution in [-0.4, -0.2) is 39.0 Å². The highest BCUT2D eigenvalue weighted by Gasteiger charge is 2.24. The maximum Gasteiger partial charge on any atom is 0.0788 e. The van der Waals surface area contributed by atoms with Gasteiger partial charge < -0.3 is 14.8 Å². The van der Waals surface area contributed by atoms with E-state index in [1.165, 1.54) is 0 Å². The SMILES string of the molecule is CCC(C)(CNC)OC(C)COC. The molecule has 0 aromatic rings. The molecule has 0 aliphatic rings. The second-order valence-corrected chi connectivity index (χ2v) is 3.72. The lowest BCUT2D eigenvalue weighted by Gasteiger charge is -2.31. The first kappa shape index (κ1) is 12.9. The molecule has 80 valence electrons. The summed E-state index contributed by atoms with van der Waals surface area (Å²) in [4.78, 5) is 0. The summed E-state index contributed by atoms with van der Waals surface area (Å²) in [5.41, 5.74) is -0.0767. The van der Waals surface area contributed by atoms with Crippen LogP contribution in [0.1, 0.15) is 27.2 Å². The second-order valence-electron chi connectivity index (χ2n) is 3.72. The molecule has 0 bridgehead atoms. The molecule has 0 fully saturated rings. The predicted octanol–water partition coefficient (Wildman–Crippen LogP) is 1.43. The van der Waals surface area contributed by atoms with Crippen LogP contribution < -0.4 is 5.32 Å². The number of rotatable bonds is 7. The summed E-state index contributed by atoms with van der Waals surface area (Å²) >= 11 is 0. The highest BCUT2D eigenvalue weighted by Crippen LogP contribution is 2.16. The molecule has 2 unspecified atom stereocenters. The van der Waals surface area contributed by atoms with E-state index in [1.54, 1.807) is 7.11 Å². The van der Waals surface area contributed by atoms with Crippen LogP contribution in [0.25, 0.3) is 0 Å².